The maximum absolute atomic E-state index is 12.8. The molecule has 1 aromatic carbocycles. The van der Waals surface area contributed by atoms with E-state index in [-0.39, 0.29) is 12.5 Å². The molecule has 1 amide bonds. The molecular weight excluding hydrogens is 380 g/mol. The van der Waals surface area contributed by atoms with Crippen molar-refractivity contribution < 1.29 is 4.79 Å². The average Bonchev–Trinajstić information content (AvgIpc) is 3.27. The highest BCUT2D eigenvalue weighted by molar-refractivity contribution is 5.75. The number of aryl methyl sites for hydroxylation is 2. The summed E-state index contributed by atoms with van der Waals surface area (Å²) in [7, 11) is 3.80. The van der Waals surface area contributed by atoms with Crippen molar-refractivity contribution >= 4 is 5.91 Å². The van der Waals surface area contributed by atoms with Gasteiger partial charge in [0.2, 0.25) is 5.91 Å². The molecule has 30 heavy (non-hydrogen) atoms. The van der Waals surface area contributed by atoms with Crippen LogP contribution in [-0.4, -0.2) is 65.8 Å². The van der Waals surface area contributed by atoms with E-state index in [9.17, 15) is 4.79 Å². The van der Waals surface area contributed by atoms with Gasteiger partial charge in [0.25, 0.3) is 0 Å². The van der Waals surface area contributed by atoms with E-state index in [1.165, 1.54) is 0 Å². The van der Waals surface area contributed by atoms with Crippen molar-refractivity contribution in [3.8, 4) is 5.69 Å². The van der Waals surface area contributed by atoms with E-state index < -0.39 is 0 Å². The summed E-state index contributed by atoms with van der Waals surface area (Å²) in [6, 6.07) is 10.5. The summed E-state index contributed by atoms with van der Waals surface area (Å²) in [4.78, 5) is 16.6. The molecule has 0 spiro atoms. The minimum absolute atomic E-state index is 0.0488. The first kappa shape index (κ1) is 21.6. The third-order valence-electron chi connectivity index (χ3n) is 5.17. The molecule has 3 rings (SSSR count). The summed E-state index contributed by atoms with van der Waals surface area (Å²) in [6.45, 7) is 9.42. The van der Waals surface area contributed by atoms with Gasteiger partial charge in [-0.1, -0.05) is 12.1 Å². The van der Waals surface area contributed by atoms with Crippen LogP contribution < -0.4 is 0 Å². The highest BCUT2D eigenvalue weighted by Gasteiger charge is 2.17. The number of carbonyl (C=O) groups excluding carboxylic acids is 1. The van der Waals surface area contributed by atoms with E-state index in [0.29, 0.717) is 25.0 Å². The van der Waals surface area contributed by atoms with Gasteiger partial charge in [-0.2, -0.15) is 5.10 Å². The molecule has 0 saturated heterocycles. The zero-order valence-electron chi connectivity index (χ0n) is 18.6. The van der Waals surface area contributed by atoms with Gasteiger partial charge < -0.3 is 4.90 Å². The Bertz CT molecular complexity index is 1010. The van der Waals surface area contributed by atoms with Crippen LogP contribution in [0.25, 0.3) is 5.69 Å². The molecule has 9 nitrogen and oxygen atoms in total. The molecule has 0 N–H and O–H groups in total. The van der Waals surface area contributed by atoms with E-state index in [2.05, 4.69) is 45.4 Å². The fourth-order valence-electron chi connectivity index (χ4n) is 3.15. The van der Waals surface area contributed by atoms with Crippen LogP contribution in [-0.2, 0) is 24.4 Å². The van der Waals surface area contributed by atoms with Crippen molar-refractivity contribution in [3.63, 3.8) is 0 Å². The quantitative estimate of drug-likeness (QED) is 0.564. The molecule has 0 fully saturated rings. The SMILES string of the molecule is Cc1cc(C)n(-c2cccc(CN(C)C(=O)Cn3nnnc3CN(C)C(C)C)c2)n1. The predicted octanol–water partition coefficient (Wildman–Crippen LogP) is 1.97. The Kier molecular flexibility index (Phi) is 6.61. The molecule has 0 saturated carbocycles. The molecule has 0 unspecified atom stereocenters. The number of carbonyl (C=O) groups is 1. The molecule has 0 radical (unpaired) electrons. The third-order valence-corrected chi connectivity index (χ3v) is 5.17. The van der Waals surface area contributed by atoms with Crippen molar-refractivity contribution in [2.24, 2.45) is 0 Å². The number of rotatable bonds is 8. The first-order valence-corrected chi connectivity index (χ1v) is 10.1. The molecule has 0 bridgehead atoms. The monoisotopic (exact) mass is 410 g/mol. The maximum atomic E-state index is 12.8. The van der Waals surface area contributed by atoms with Crippen LogP contribution >= 0.6 is 0 Å². The standard InChI is InChI=1S/C21H30N8O/c1-15(2)26(5)13-20-22-24-25-28(20)14-21(30)27(6)12-18-8-7-9-19(11-18)29-17(4)10-16(3)23-29/h7-11,15H,12-14H2,1-6H3. The third kappa shape index (κ3) is 5.10. The Hall–Kier alpha value is -3.07. The lowest BCUT2D eigenvalue weighted by Crippen LogP contribution is -2.32. The highest BCUT2D eigenvalue weighted by Crippen LogP contribution is 2.15. The number of benzene rings is 1. The fraction of sp³-hybridized carbons (Fsp3) is 0.476. The van der Waals surface area contributed by atoms with Gasteiger partial charge >= 0.3 is 0 Å². The highest BCUT2D eigenvalue weighted by atomic mass is 16.2. The molecule has 3 aromatic rings. The van der Waals surface area contributed by atoms with Crippen LogP contribution in [0.4, 0.5) is 0 Å². The van der Waals surface area contributed by atoms with E-state index in [1.807, 2.05) is 49.8 Å². The second-order valence-electron chi connectivity index (χ2n) is 8.02. The van der Waals surface area contributed by atoms with Crippen LogP contribution in [0.1, 0.15) is 36.6 Å². The second-order valence-corrected chi connectivity index (χ2v) is 8.02. The van der Waals surface area contributed by atoms with Crippen molar-refractivity contribution in [1.29, 1.82) is 0 Å². The number of nitrogens with zero attached hydrogens (tertiary/aromatic N) is 8. The Morgan fingerprint density at radius 1 is 1.13 bits per heavy atom. The Morgan fingerprint density at radius 3 is 2.57 bits per heavy atom. The Labute approximate surface area is 177 Å². The van der Waals surface area contributed by atoms with Gasteiger partial charge in [-0.05, 0) is 68.9 Å². The second kappa shape index (κ2) is 9.17. The number of likely N-dealkylation sites (N-methyl/N-ethyl adjacent to an activating group) is 1. The van der Waals surface area contributed by atoms with Gasteiger partial charge in [0.05, 0.1) is 17.9 Å². The lowest BCUT2D eigenvalue weighted by atomic mass is 10.2. The molecule has 9 heteroatoms. The predicted molar refractivity (Wildman–Crippen MR) is 114 cm³/mol. The zero-order chi connectivity index (χ0) is 21.8. The first-order valence-electron chi connectivity index (χ1n) is 10.1. The molecule has 2 heterocycles. The van der Waals surface area contributed by atoms with Gasteiger partial charge in [-0.25, -0.2) is 9.36 Å². The Balaban J connectivity index is 1.66. The van der Waals surface area contributed by atoms with E-state index in [1.54, 1.807) is 16.6 Å². The summed E-state index contributed by atoms with van der Waals surface area (Å²) in [5.74, 6) is 0.631. The number of hydrogen-bond acceptors (Lipinski definition) is 6. The fourth-order valence-corrected chi connectivity index (χ4v) is 3.15. The van der Waals surface area contributed by atoms with Gasteiger partial charge in [-0.15, -0.1) is 5.10 Å². The first-order chi connectivity index (χ1) is 14.2. The summed E-state index contributed by atoms with van der Waals surface area (Å²) in [6.07, 6.45) is 0. The van der Waals surface area contributed by atoms with Crippen molar-refractivity contribution in [3.05, 3.63) is 53.1 Å². The van der Waals surface area contributed by atoms with Crippen molar-refractivity contribution in [2.45, 2.75) is 53.4 Å². The van der Waals surface area contributed by atoms with Gasteiger partial charge in [0.15, 0.2) is 5.82 Å². The van der Waals surface area contributed by atoms with Gasteiger partial charge in [0.1, 0.15) is 6.54 Å². The summed E-state index contributed by atoms with van der Waals surface area (Å²) in [5.41, 5.74) is 4.07. The summed E-state index contributed by atoms with van der Waals surface area (Å²) >= 11 is 0. The number of hydrogen-bond donors (Lipinski definition) is 0. The number of amides is 1. The Morgan fingerprint density at radius 2 is 1.90 bits per heavy atom. The summed E-state index contributed by atoms with van der Waals surface area (Å²) in [5, 5.41) is 16.3. The van der Waals surface area contributed by atoms with Crippen LogP contribution in [0.3, 0.4) is 0 Å². The average molecular weight is 411 g/mol. The molecule has 0 aliphatic heterocycles. The van der Waals surface area contributed by atoms with Crippen LogP contribution in [0.15, 0.2) is 30.3 Å². The maximum Gasteiger partial charge on any atom is 0.244 e. The number of aromatic nitrogens is 6. The molecule has 0 aliphatic carbocycles. The topological polar surface area (TPSA) is 85.0 Å². The largest absolute Gasteiger partial charge is 0.340 e. The molecule has 0 atom stereocenters. The minimum Gasteiger partial charge on any atom is -0.340 e. The lowest BCUT2D eigenvalue weighted by molar-refractivity contribution is -0.131. The van der Waals surface area contributed by atoms with Gasteiger partial charge in [0, 0.05) is 25.3 Å². The van der Waals surface area contributed by atoms with Crippen LogP contribution in [0, 0.1) is 13.8 Å². The van der Waals surface area contributed by atoms with Crippen LogP contribution in [0.2, 0.25) is 0 Å². The summed E-state index contributed by atoms with van der Waals surface area (Å²) < 4.78 is 3.49. The smallest absolute Gasteiger partial charge is 0.244 e. The van der Waals surface area contributed by atoms with E-state index in [0.717, 1.165) is 22.6 Å². The van der Waals surface area contributed by atoms with E-state index >= 15 is 0 Å². The zero-order valence-corrected chi connectivity index (χ0v) is 18.6. The number of tetrazole rings is 1. The lowest BCUT2D eigenvalue weighted by Gasteiger charge is -2.21. The minimum atomic E-state index is -0.0488. The molecule has 2 aromatic heterocycles. The molecule has 0 aliphatic rings. The van der Waals surface area contributed by atoms with Crippen molar-refractivity contribution in [2.75, 3.05) is 14.1 Å². The van der Waals surface area contributed by atoms with Gasteiger partial charge in [-0.3, -0.25) is 9.69 Å². The van der Waals surface area contributed by atoms with Crippen molar-refractivity contribution in [1.82, 2.24) is 39.8 Å². The normalized spacial score (nSPS) is 11.5. The molecule has 160 valence electrons. The van der Waals surface area contributed by atoms with Crippen LogP contribution in [0.5, 0.6) is 0 Å². The van der Waals surface area contributed by atoms with E-state index in [4.69, 9.17) is 0 Å². The molecular formula is C21H30N8O.